The first-order valence-corrected chi connectivity index (χ1v) is 9.02. The van der Waals surface area contributed by atoms with Gasteiger partial charge in [0, 0.05) is 23.4 Å². The summed E-state index contributed by atoms with van der Waals surface area (Å²) in [5.41, 5.74) is 2.83. The molecule has 0 radical (unpaired) electrons. The molecule has 0 heterocycles. The second kappa shape index (κ2) is 8.25. The van der Waals surface area contributed by atoms with E-state index in [-0.39, 0.29) is 22.8 Å². The molecule has 2 amide bonds. The summed E-state index contributed by atoms with van der Waals surface area (Å²) >= 11 is 0. The van der Waals surface area contributed by atoms with Crippen LogP contribution in [0.25, 0.3) is 0 Å². The SMILES string of the molecule is Cc1cc(C)c(C(=O)O)cc1NC(=O)c1ccc(C(=O)NCC(C)(C)C)cc1. The maximum Gasteiger partial charge on any atom is 0.336 e. The number of hydrogen-bond acceptors (Lipinski definition) is 3. The van der Waals surface area contributed by atoms with Crippen LogP contribution < -0.4 is 10.6 Å². The van der Waals surface area contributed by atoms with Crippen LogP contribution in [0.2, 0.25) is 0 Å². The Hall–Kier alpha value is -3.15. The molecule has 2 rings (SSSR count). The van der Waals surface area contributed by atoms with Gasteiger partial charge in [-0.2, -0.15) is 0 Å². The standard InChI is InChI=1S/C22H26N2O4/c1-13-10-14(2)18(11-17(13)21(27)28)24-20(26)16-8-6-15(7-9-16)19(25)23-12-22(3,4)5/h6-11H,12H2,1-5H3,(H,23,25)(H,24,26)(H,27,28). The molecule has 0 atom stereocenters. The van der Waals surface area contributed by atoms with E-state index in [1.807, 2.05) is 20.8 Å². The summed E-state index contributed by atoms with van der Waals surface area (Å²) < 4.78 is 0. The lowest BCUT2D eigenvalue weighted by Gasteiger charge is -2.18. The summed E-state index contributed by atoms with van der Waals surface area (Å²) in [7, 11) is 0. The van der Waals surface area contributed by atoms with Gasteiger partial charge in [0.2, 0.25) is 0 Å². The number of amides is 2. The van der Waals surface area contributed by atoms with Crippen molar-refractivity contribution in [3.8, 4) is 0 Å². The molecule has 0 unspecified atom stereocenters. The number of aromatic carboxylic acids is 1. The van der Waals surface area contributed by atoms with E-state index >= 15 is 0 Å². The fourth-order valence-corrected chi connectivity index (χ4v) is 2.63. The number of anilines is 1. The number of benzene rings is 2. The topological polar surface area (TPSA) is 95.5 Å². The Balaban J connectivity index is 2.13. The van der Waals surface area contributed by atoms with Gasteiger partial charge in [0.05, 0.1) is 5.56 Å². The number of aryl methyl sites for hydroxylation is 2. The lowest BCUT2D eigenvalue weighted by atomic mass is 9.97. The largest absolute Gasteiger partial charge is 0.478 e. The van der Waals surface area contributed by atoms with Gasteiger partial charge in [0.25, 0.3) is 11.8 Å². The van der Waals surface area contributed by atoms with Crippen LogP contribution >= 0.6 is 0 Å². The Morgan fingerprint density at radius 2 is 1.43 bits per heavy atom. The summed E-state index contributed by atoms with van der Waals surface area (Å²) in [6.45, 7) is 10.2. The smallest absolute Gasteiger partial charge is 0.336 e. The van der Waals surface area contributed by atoms with Crippen molar-refractivity contribution in [1.82, 2.24) is 5.32 Å². The first kappa shape index (κ1) is 21.2. The van der Waals surface area contributed by atoms with E-state index in [1.165, 1.54) is 6.07 Å². The van der Waals surface area contributed by atoms with Gasteiger partial charge in [-0.1, -0.05) is 26.8 Å². The highest BCUT2D eigenvalue weighted by Gasteiger charge is 2.15. The van der Waals surface area contributed by atoms with E-state index < -0.39 is 5.97 Å². The molecule has 6 nitrogen and oxygen atoms in total. The summed E-state index contributed by atoms with van der Waals surface area (Å²) in [5.74, 6) is -1.61. The molecule has 2 aromatic rings. The first-order valence-electron chi connectivity index (χ1n) is 9.02. The van der Waals surface area contributed by atoms with Crippen molar-refractivity contribution in [3.05, 3.63) is 64.2 Å². The summed E-state index contributed by atoms with van der Waals surface area (Å²) in [5, 5.41) is 14.9. The van der Waals surface area contributed by atoms with E-state index in [4.69, 9.17) is 0 Å². The number of carbonyl (C=O) groups is 3. The number of carboxylic acid groups (broad SMARTS) is 1. The van der Waals surface area contributed by atoms with E-state index in [1.54, 1.807) is 44.2 Å². The molecule has 0 bridgehead atoms. The van der Waals surface area contributed by atoms with Crippen molar-refractivity contribution in [2.45, 2.75) is 34.6 Å². The molecule has 0 aliphatic heterocycles. The molecule has 6 heteroatoms. The molecule has 3 N–H and O–H groups in total. The summed E-state index contributed by atoms with van der Waals surface area (Å²) in [4.78, 5) is 36.0. The number of nitrogens with one attached hydrogen (secondary N) is 2. The molecular weight excluding hydrogens is 356 g/mol. The van der Waals surface area contributed by atoms with E-state index in [0.29, 0.717) is 28.9 Å². The second-order valence-electron chi connectivity index (χ2n) is 8.06. The monoisotopic (exact) mass is 382 g/mol. The molecule has 28 heavy (non-hydrogen) atoms. The third-order valence-electron chi connectivity index (χ3n) is 4.24. The zero-order valence-corrected chi connectivity index (χ0v) is 16.8. The third kappa shape index (κ3) is 5.42. The zero-order valence-electron chi connectivity index (χ0n) is 16.8. The minimum absolute atomic E-state index is 0.0177. The van der Waals surface area contributed by atoms with Crippen LogP contribution in [0.4, 0.5) is 5.69 Å². The van der Waals surface area contributed by atoms with Gasteiger partial charge >= 0.3 is 5.97 Å². The molecule has 0 saturated carbocycles. The van der Waals surface area contributed by atoms with Crippen molar-refractivity contribution in [3.63, 3.8) is 0 Å². The quantitative estimate of drug-likeness (QED) is 0.727. The van der Waals surface area contributed by atoms with E-state index in [9.17, 15) is 19.5 Å². The van der Waals surface area contributed by atoms with Crippen LogP contribution in [0, 0.1) is 19.3 Å². The van der Waals surface area contributed by atoms with Crippen LogP contribution in [-0.2, 0) is 0 Å². The predicted octanol–water partition coefficient (Wildman–Crippen LogP) is 4.03. The number of rotatable bonds is 5. The molecule has 0 aromatic heterocycles. The van der Waals surface area contributed by atoms with Gasteiger partial charge in [0.1, 0.15) is 0 Å². The van der Waals surface area contributed by atoms with Crippen LogP contribution in [0.3, 0.4) is 0 Å². The van der Waals surface area contributed by atoms with E-state index in [0.717, 1.165) is 5.56 Å². The van der Waals surface area contributed by atoms with Crippen LogP contribution in [-0.4, -0.2) is 29.4 Å². The fraction of sp³-hybridized carbons (Fsp3) is 0.318. The molecule has 0 saturated heterocycles. The van der Waals surface area contributed by atoms with Gasteiger partial charge in [-0.25, -0.2) is 4.79 Å². The van der Waals surface area contributed by atoms with Gasteiger partial charge in [-0.3, -0.25) is 9.59 Å². The highest BCUT2D eigenvalue weighted by molar-refractivity contribution is 6.06. The molecule has 0 aliphatic rings. The minimum Gasteiger partial charge on any atom is -0.478 e. The Morgan fingerprint density at radius 3 is 1.93 bits per heavy atom. The van der Waals surface area contributed by atoms with Gasteiger partial charge in [-0.05, 0) is 60.7 Å². The second-order valence-corrected chi connectivity index (χ2v) is 8.06. The Labute approximate surface area is 165 Å². The Bertz CT molecular complexity index is 909. The van der Waals surface area contributed by atoms with Crippen molar-refractivity contribution in [2.75, 3.05) is 11.9 Å². The Morgan fingerprint density at radius 1 is 0.893 bits per heavy atom. The highest BCUT2D eigenvalue weighted by atomic mass is 16.4. The number of carbonyl (C=O) groups excluding carboxylic acids is 2. The van der Waals surface area contributed by atoms with E-state index in [2.05, 4.69) is 10.6 Å². The molecule has 0 spiro atoms. The van der Waals surface area contributed by atoms with Gasteiger partial charge < -0.3 is 15.7 Å². The summed E-state index contributed by atoms with van der Waals surface area (Å²) in [6.07, 6.45) is 0. The van der Waals surface area contributed by atoms with Crippen molar-refractivity contribution in [2.24, 2.45) is 5.41 Å². The Kier molecular flexibility index (Phi) is 6.23. The van der Waals surface area contributed by atoms with Crippen molar-refractivity contribution in [1.29, 1.82) is 0 Å². The predicted molar refractivity (Wildman–Crippen MR) is 109 cm³/mol. The zero-order chi connectivity index (χ0) is 21.1. The molecule has 2 aromatic carbocycles. The molecule has 0 aliphatic carbocycles. The molecule has 148 valence electrons. The minimum atomic E-state index is -1.04. The van der Waals surface area contributed by atoms with Crippen molar-refractivity contribution >= 4 is 23.5 Å². The lowest BCUT2D eigenvalue weighted by Crippen LogP contribution is -2.32. The number of hydrogen-bond donors (Lipinski definition) is 3. The molecule has 0 fully saturated rings. The highest BCUT2D eigenvalue weighted by Crippen LogP contribution is 2.22. The number of carboxylic acids is 1. The fourth-order valence-electron chi connectivity index (χ4n) is 2.63. The van der Waals surface area contributed by atoms with Crippen LogP contribution in [0.1, 0.15) is 63.0 Å². The normalized spacial score (nSPS) is 11.0. The first-order chi connectivity index (χ1) is 13.0. The van der Waals surface area contributed by atoms with Gasteiger partial charge in [0.15, 0.2) is 0 Å². The maximum atomic E-state index is 12.5. The average molecular weight is 382 g/mol. The maximum absolute atomic E-state index is 12.5. The lowest BCUT2D eigenvalue weighted by molar-refractivity contribution is 0.0695. The van der Waals surface area contributed by atoms with Crippen molar-refractivity contribution < 1.29 is 19.5 Å². The third-order valence-corrected chi connectivity index (χ3v) is 4.24. The molecular formula is C22H26N2O4. The average Bonchev–Trinajstić information content (AvgIpc) is 2.61. The van der Waals surface area contributed by atoms with Crippen LogP contribution in [0.15, 0.2) is 36.4 Å². The van der Waals surface area contributed by atoms with Gasteiger partial charge in [-0.15, -0.1) is 0 Å². The summed E-state index contributed by atoms with van der Waals surface area (Å²) in [6, 6.07) is 9.52. The van der Waals surface area contributed by atoms with Crippen LogP contribution in [0.5, 0.6) is 0 Å².